The minimum Gasteiger partial charge on any atom is -0.422 e. The van der Waals surface area contributed by atoms with E-state index in [1.54, 1.807) is 6.92 Å². The zero-order chi connectivity index (χ0) is 14.0. The van der Waals surface area contributed by atoms with E-state index in [0.29, 0.717) is 16.5 Å². The van der Waals surface area contributed by atoms with Crippen molar-refractivity contribution in [1.29, 1.82) is 0 Å². The fraction of sp³-hybridized carbons (Fsp3) is 0.250. The van der Waals surface area contributed by atoms with Gasteiger partial charge in [-0.05, 0) is 37.5 Å². The van der Waals surface area contributed by atoms with E-state index in [1.165, 1.54) is 6.07 Å². The van der Waals surface area contributed by atoms with Crippen molar-refractivity contribution in [2.24, 2.45) is 0 Å². The number of pyridine rings is 1. The van der Waals surface area contributed by atoms with Gasteiger partial charge in [0.05, 0.1) is 10.9 Å². The van der Waals surface area contributed by atoms with Gasteiger partial charge >= 0.3 is 5.63 Å². The van der Waals surface area contributed by atoms with Crippen molar-refractivity contribution in [3.8, 4) is 0 Å². The van der Waals surface area contributed by atoms with Crippen molar-refractivity contribution in [3.63, 3.8) is 0 Å². The first-order valence-electron chi connectivity index (χ1n) is 6.68. The maximum atomic E-state index is 12.8. The summed E-state index contributed by atoms with van der Waals surface area (Å²) in [6.45, 7) is 3.82. The Morgan fingerprint density at radius 2 is 2.10 bits per heavy atom. The lowest BCUT2D eigenvalue weighted by Crippen LogP contribution is -2.22. The smallest absolute Gasteiger partial charge is 0.336 e. The first-order chi connectivity index (χ1) is 9.58. The molecule has 0 saturated heterocycles. The third-order valence-corrected chi connectivity index (χ3v) is 4.15. The van der Waals surface area contributed by atoms with E-state index in [2.05, 4.69) is 0 Å². The number of benzene rings is 1. The lowest BCUT2D eigenvalue weighted by atomic mass is 10.1. The van der Waals surface area contributed by atoms with Gasteiger partial charge in [-0.2, -0.15) is 0 Å². The van der Waals surface area contributed by atoms with Crippen molar-refractivity contribution in [3.05, 3.63) is 56.2 Å². The van der Waals surface area contributed by atoms with Gasteiger partial charge in [0.1, 0.15) is 0 Å². The highest BCUT2D eigenvalue weighted by molar-refractivity contribution is 6.04. The standard InChI is InChI=1S/C16H13NO3/c1-8-6-12(18)20-15-11-5-3-4-10-7-9(2)17(14(10)11)16(19)13(8)15/h3-6,9H,7H2,1-2H3. The molecule has 0 radical (unpaired) electrons. The summed E-state index contributed by atoms with van der Waals surface area (Å²) >= 11 is 0. The fourth-order valence-electron chi connectivity index (χ4n) is 3.34. The number of hydrogen-bond donors (Lipinski definition) is 0. The average molecular weight is 267 g/mol. The first kappa shape index (κ1) is 11.5. The zero-order valence-electron chi connectivity index (χ0n) is 11.3. The van der Waals surface area contributed by atoms with Crippen molar-refractivity contribution in [2.75, 3.05) is 0 Å². The molecule has 100 valence electrons. The number of nitrogens with zero attached hydrogens (tertiary/aromatic N) is 1. The molecule has 3 aromatic rings. The summed E-state index contributed by atoms with van der Waals surface area (Å²) in [5.41, 5.74) is 2.67. The normalized spacial score (nSPS) is 17.2. The van der Waals surface area contributed by atoms with Gasteiger partial charge < -0.3 is 8.98 Å². The highest BCUT2D eigenvalue weighted by Gasteiger charge is 2.25. The largest absolute Gasteiger partial charge is 0.422 e. The molecule has 4 nitrogen and oxygen atoms in total. The molecule has 3 heterocycles. The van der Waals surface area contributed by atoms with Gasteiger partial charge in [0, 0.05) is 17.5 Å². The Labute approximate surface area is 114 Å². The second kappa shape index (κ2) is 3.60. The fourth-order valence-corrected chi connectivity index (χ4v) is 3.34. The average Bonchev–Trinajstić information content (AvgIpc) is 2.72. The van der Waals surface area contributed by atoms with E-state index < -0.39 is 5.63 Å². The summed E-state index contributed by atoms with van der Waals surface area (Å²) < 4.78 is 7.17. The predicted octanol–water partition coefficient (Wildman–Crippen LogP) is 2.53. The monoisotopic (exact) mass is 267 g/mol. The number of rotatable bonds is 0. The summed E-state index contributed by atoms with van der Waals surface area (Å²) in [5.74, 6) is 0. The van der Waals surface area contributed by atoms with Gasteiger partial charge in [-0.1, -0.05) is 12.1 Å². The van der Waals surface area contributed by atoms with E-state index in [-0.39, 0.29) is 11.6 Å². The van der Waals surface area contributed by atoms with E-state index in [9.17, 15) is 9.59 Å². The van der Waals surface area contributed by atoms with Gasteiger partial charge in [0.25, 0.3) is 5.56 Å². The lowest BCUT2D eigenvalue weighted by Gasteiger charge is -2.11. The molecule has 0 bridgehead atoms. The van der Waals surface area contributed by atoms with Crippen LogP contribution in [0, 0.1) is 6.92 Å². The topological polar surface area (TPSA) is 52.2 Å². The molecule has 1 atom stereocenters. The molecule has 0 amide bonds. The van der Waals surface area contributed by atoms with Crippen LogP contribution < -0.4 is 11.2 Å². The molecule has 4 rings (SSSR count). The summed E-state index contributed by atoms with van der Waals surface area (Å²) in [6, 6.07) is 7.41. The van der Waals surface area contributed by atoms with Crippen molar-refractivity contribution in [2.45, 2.75) is 26.3 Å². The maximum Gasteiger partial charge on any atom is 0.336 e. The molecular formula is C16H13NO3. The Morgan fingerprint density at radius 3 is 2.90 bits per heavy atom. The second-order valence-electron chi connectivity index (χ2n) is 5.49. The van der Waals surface area contributed by atoms with Gasteiger partial charge in [-0.25, -0.2) is 4.79 Å². The number of aryl methyl sites for hydroxylation is 1. The number of hydrogen-bond acceptors (Lipinski definition) is 3. The van der Waals surface area contributed by atoms with Gasteiger partial charge in [-0.3, -0.25) is 4.79 Å². The van der Waals surface area contributed by atoms with Crippen molar-refractivity contribution in [1.82, 2.24) is 4.57 Å². The molecule has 1 aliphatic heterocycles. The quantitative estimate of drug-likeness (QED) is 0.588. The molecule has 1 aliphatic rings. The molecular weight excluding hydrogens is 254 g/mol. The maximum absolute atomic E-state index is 12.8. The van der Waals surface area contributed by atoms with E-state index in [0.717, 1.165) is 22.9 Å². The van der Waals surface area contributed by atoms with E-state index >= 15 is 0 Å². The Bertz CT molecular complexity index is 994. The minimum atomic E-state index is -0.411. The third kappa shape index (κ3) is 1.26. The molecule has 4 heteroatoms. The van der Waals surface area contributed by atoms with Crippen LogP contribution in [-0.2, 0) is 6.42 Å². The van der Waals surface area contributed by atoms with Crippen LogP contribution >= 0.6 is 0 Å². The molecule has 1 aromatic carbocycles. The third-order valence-electron chi connectivity index (χ3n) is 4.15. The summed E-state index contributed by atoms with van der Waals surface area (Å²) in [4.78, 5) is 24.4. The Balaban J connectivity index is 2.43. The van der Waals surface area contributed by atoms with E-state index in [1.807, 2.05) is 29.7 Å². The lowest BCUT2D eigenvalue weighted by molar-refractivity contribution is 0.556. The first-order valence-corrected chi connectivity index (χ1v) is 6.68. The molecule has 0 fully saturated rings. The molecule has 0 N–H and O–H groups in total. The van der Waals surface area contributed by atoms with Crippen LogP contribution in [0.4, 0.5) is 0 Å². The highest BCUT2D eigenvalue weighted by Crippen LogP contribution is 2.34. The second-order valence-corrected chi connectivity index (χ2v) is 5.49. The van der Waals surface area contributed by atoms with Crippen LogP contribution in [0.5, 0.6) is 0 Å². The van der Waals surface area contributed by atoms with Crippen LogP contribution in [0.2, 0.25) is 0 Å². The van der Waals surface area contributed by atoms with Gasteiger partial charge in [-0.15, -0.1) is 0 Å². The van der Waals surface area contributed by atoms with Crippen LogP contribution in [0.15, 0.2) is 38.3 Å². The minimum absolute atomic E-state index is 0.0637. The SMILES string of the molecule is Cc1cc(=O)oc2c1c(=O)n1c3c(cccc23)CC1C. The Morgan fingerprint density at radius 1 is 1.30 bits per heavy atom. The zero-order valence-corrected chi connectivity index (χ0v) is 11.3. The van der Waals surface area contributed by atoms with E-state index in [4.69, 9.17) is 4.42 Å². The molecule has 0 aliphatic carbocycles. The summed E-state index contributed by atoms with van der Waals surface area (Å²) in [7, 11) is 0. The molecule has 0 saturated carbocycles. The van der Waals surface area contributed by atoms with Crippen LogP contribution in [0.3, 0.4) is 0 Å². The van der Waals surface area contributed by atoms with Crippen molar-refractivity contribution < 1.29 is 4.42 Å². The predicted molar refractivity (Wildman–Crippen MR) is 77.4 cm³/mol. The number of fused-ring (bicyclic) bond motifs is 2. The Kier molecular flexibility index (Phi) is 2.06. The number of para-hydroxylation sites is 1. The highest BCUT2D eigenvalue weighted by atomic mass is 16.4. The van der Waals surface area contributed by atoms with Crippen LogP contribution in [-0.4, -0.2) is 4.57 Å². The van der Waals surface area contributed by atoms with Gasteiger partial charge in [0.2, 0.25) is 0 Å². The molecule has 20 heavy (non-hydrogen) atoms. The van der Waals surface area contributed by atoms with Crippen molar-refractivity contribution >= 4 is 21.9 Å². The van der Waals surface area contributed by atoms with Gasteiger partial charge in [0.15, 0.2) is 5.58 Å². The number of aromatic nitrogens is 1. The Hall–Kier alpha value is -2.36. The van der Waals surface area contributed by atoms with Crippen LogP contribution in [0.25, 0.3) is 21.9 Å². The molecule has 2 aromatic heterocycles. The molecule has 0 spiro atoms. The summed E-state index contributed by atoms with van der Waals surface area (Å²) in [6.07, 6.45) is 0.839. The van der Waals surface area contributed by atoms with Crippen LogP contribution in [0.1, 0.15) is 24.1 Å². The molecule has 1 unspecified atom stereocenters. The summed E-state index contributed by atoms with van der Waals surface area (Å²) in [5, 5.41) is 1.37.